The van der Waals surface area contributed by atoms with Gasteiger partial charge in [0.25, 0.3) is 0 Å². The minimum absolute atomic E-state index is 0.0319. The maximum atomic E-state index is 12.8. The molecule has 0 unspecified atom stereocenters. The number of carbonyl (C=O) groups is 2. The van der Waals surface area contributed by atoms with Crippen molar-refractivity contribution in [1.82, 2.24) is 0 Å². The van der Waals surface area contributed by atoms with Gasteiger partial charge in [-0.3, -0.25) is 10.1 Å². The fourth-order valence-electron chi connectivity index (χ4n) is 6.45. The fourth-order valence-corrected chi connectivity index (χ4v) is 6.45. The molecular weight excluding hydrogens is 414 g/mol. The molecule has 32 heavy (non-hydrogen) atoms. The fraction of sp³-hybridized carbons (Fsp3) is 0.667. The van der Waals surface area contributed by atoms with Crippen LogP contribution in [0, 0.1) is 22.7 Å². The van der Waals surface area contributed by atoms with Crippen LogP contribution in [0.1, 0.15) is 46.0 Å². The van der Waals surface area contributed by atoms with Crippen molar-refractivity contribution in [3.63, 3.8) is 0 Å². The number of hydrogen-bond acceptors (Lipinski definition) is 7. The van der Waals surface area contributed by atoms with Crippen molar-refractivity contribution in [3.05, 3.63) is 18.2 Å². The normalized spacial score (nSPS) is 35.8. The van der Waals surface area contributed by atoms with Crippen molar-refractivity contribution >= 4 is 17.7 Å². The summed E-state index contributed by atoms with van der Waals surface area (Å²) in [5, 5.41) is 13.2. The number of aliphatic hydroxyl groups excluding tert-OH is 1. The van der Waals surface area contributed by atoms with Crippen LogP contribution in [0.5, 0.6) is 11.5 Å². The molecule has 1 aromatic rings. The highest BCUT2D eigenvalue weighted by molar-refractivity contribution is 5.85. The molecule has 0 spiro atoms. The van der Waals surface area contributed by atoms with E-state index in [0.29, 0.717) is 30.0 Å². The lowest BCUT2D eigenvalue weighted by Gasteiger charge is -2.59. The predicted molar refractivity (Wildman–Crippen MR) is 117 cm³/mol. The molecule has 4 rings (SSSR count). The third kappa shape index (κ3) is 3.78. The first-order valence-corrected chi connectivity index (χ1v) is 11.2. The van der Waals surface area contributed by atoms with Crippen LogP contribution in [-0.2, 0) is 14.3 Å². The van der Waals surface area contributed by atoms with Crippen molar-refractivity contribution in [2.24, 2.45) is 22.7 Å². The van der Waals surface area contributed by atoms with Gasteiger partial charge >= 0.3 is 12.1 Å². The molecule has 1 heterocycles. The maximum Gasteiger partial charge on any atom is 0.411 e. The van der Waals surface area contributed by atoms with E-state index >= 15 is 0 Å². The molecule has 8 nitrogen and oxygen atoms in total. The van der Waals surface area contributed by atoms with E-state index in [4.69, 9.17) is 18.9 Å². The van der Waals surface area contributed by atoms with Crippen molar-refractivity contribution < 1.29 is 33.6 Å². The van der Waals surface area contributed by atoms with E-state index in [1.54, 1.807) is 32.4 Å². The van der Waals surface area contributed by atoms with Crippen LogP contribution in [0.2, 0.25) is 0 Å². The van der Waals surface area contributed by atoms with E-state index in [9.17, 15) is 14.7 Å². The Hall–Kier alpha value is -2.48. The van der Waals surface area contributed by atoms with Gasteiger partial charge in [-0.25, -0.2) is 4.79 Å². The maximum absolute atomic E-state index is 12.8. The topological polar surface area (TPSA) is 103 Å². The third-order valence-corrected chi connectivity index (χ3v) is 8.17. The van der Waals surface area contributed by atoms with E-state index in [2.05, 4.69) is 12.2 Å². The molecule has 1 amide bonds. The van der Waals surface area contributed by atoms with Crippen LogP contribution in [0.4, 0.5) is 10.5 Å². The van der Waals surface area contributed by atoms with Gasteiger partial charge in [0.2, 0.25) is 0 Å². The Bertz CT molecular complexity index is 867. The van der Waals surface area contributed by atoms with Gasteiger partial charge in [0.15, 0.2) is 0 Å². The van der Waals surface area contributed by atoms with Crippen LogP contribution in [0.25, 0.3) is 0 Å². The van der Waals surface area contributed by atoms with Crippen molar-refractivity contribution in [2.75, 3.05) is 26.1 Å². The van der Waals surface area contributed by atoms with Crippen LogP contribution in [0.15, 0.2) is 18.2 Å². The number of nitrogens with one attached hydrogen (secondary N) is 1. The Kier molecular flexibility index (Phi) is 6.00. The average molecular weight is 448 g/mol. The molecule has 2 N–H and O–H groups in total. The lowest BCUT2D eigenvalue weighted by molar-refractivity contribution is -0.174. The molecule has 1 saturated heterocycles. The van der Waals surface area contributed by atoms with Crippen LogP contribution in [0.3, 0.4) is 0 Å². The Morgan fingerprint density at radius 3 is 2.47 bits per heavy atom. The van der Waals surface area contributed by atoms with E-state index in [-0.39, 0.29) is 35.9 Å². The van der Waals surface area contributed by atoms with Gasteiger partial charge in [0.05, 0.1) is 32.9 Å². The summed E-state index contributed by atoms with van der Waals surface area (Å²) in [6, 6.07) is 5.09. The largest absolute Gasteiger partial charge is 0.497 e. The molecular formula is C24H33NO7. The summed E-state index contributed by atoms with van der Waals surface area (Å²) < 4.78 is 21.9. The number of carbonyl (C=O) groups excluding carboxylic acids is 2. The number of benzene rings is 1. The minimum atomic E-state index is -0.604. The van der Waals surface area contributed by atoms with Crippen LogP contribution >= 0.6 is 0 Å². The number of aliphatic hydroxyl groups is 1. The molecule has 2 saturated carbocycles. The van der Waals surface area contributed by atoms with Crippen LogP contribution in [-0.4, -0.2) is 50.2 Å². The summed E-state index contributed by atoms with van der Waals surface area (Å²) in [7, 11) is 3.08. The Morgan fingerprint density at radius 1 is 1.16 bits per heavy atom. The molecule has 0 aromatic heterocycles. The van der Waals surface area contributed by atoms with Crippen molar-refractivity contribution in [3.8, 4) is 11.5 Å². The zero-order valence-electron chi connectivity index (χ0n) is 19.2. The van der Waals surface area contributed by atoms with Gasteiger partial charge in [0.1, 0.15) is 23.7 Å². The monoisotopic (exact) mass is 447 g/mol. The number of fused-ring (bicyclic) bond motifs is 3. The minimum Gasteiger partial charge on any atom is -0.497 e. The first kappa shape index (κ1) is 22.7. The molecule has 1 aromatic carbocycles. The third-order valence-electron chi connectivity index (χ3n) is 8.17. The van der Waals surface area contributed by atoms with Gasteiger partial charge in [0, 0.05) is 29.5 Å². The first-order valence-electron chi connectivity index (χ1n) is 11.2. The standard InChI is InChI=1S/C24H33NO7/c1-23-8-7-20(32-22(28)25-14-9-15(29-3)11-16(10-14)30-4)24(2,13-26)19(23)6-5-18-17(23)12-21(27)31-18/h9-11,17-20,26H,5-8,12-13H2,1-4H3,(H,25,28)/t17-,18-,19-,20-,23+,24+/m1/s1. The van der Waals surface area contributed by atoms with Gasteiger partial charge in [-0.1, -0.05) is 13.8 Å². The molecule has 1 aliphatic heterocycles. The van der Waals surface area contributed by atoms with E-state index in [0.717, 1.165) is 19.3 Å². The summed E-state index contributed by atoms with van der Waals surface area (Å²) in [4.78, 5) is 24.8. The van der Waals surface area contributed by atoms with E-state index < -0.39 is 17.6 Å². The number of ether oxygens (including phenoxy) is 4. The van der Waals surface area contributed by atoms with Gasteiger partial charge < -0.3 is 24.1 Å². The molecule has 0 radical (unpaired) electrons. The number of amides is 1. The zero-order valence-corrected chi connectivity index (χ0v) is 19.2. The lowest BCUT2D eigenvalue weighted by Crippen LogP contribution is -2.59. The highest BCUT2D eigenvalue weighted by Crippen LogP contribution is 2.62. The van der Waals surface area contributed by atoms with Crippen LogP contribution < -0.4 is 14.8 Å². The molecule has 176 valence electrons. The number of esters is 1. The molecule has 3 aliphatic rings. The highest BCUT2D eigenvalue weighted by Gasteiger charge is 2.62. The Morgan fingerprint density at radius 2 is 1.84 bits per heavy atom. The molecule has 6 atom stereocenters. The highest BCUT2D eigenvalue weighted by atomic mass is 16.6. The second-order valence-corrected chi connectivity index (χ2v) is 9.80. The Labute approximate surface area is 188 Å². The zero-order chi connectivity index (χ0) is 23.1. The molecule has 3 fully saturated rings. The second-order valence-electron chi connectivity index (χ2n) is 9.80. The number of rotatable bonds is 5. The number of methoxy groups -OCH3 is 2. The van der Waals surface area contributed by atoms with Gasteiger partial charge in [-0.15, -0.1) is 0 Å². The summed E-state index contributed by atoms with van der Waals surface area (Å²) in [6.45, 7) is 4.12. The van der Waals surface area contributed by atoms with E-state index in [1.165, 1.54) is 0 Å². The lowest BCUT2D eigenvalue weighted by atomic mass is 9.46. The summed E-state index contributed by atoms with van der Waals surface area (Å²) in [5.74, 6) is 1.26. The molecule has 2 aliphatic carbocycles. The second kappa shape index (κ2) is 8.46. The molecule has 8 heteroatoms. The summed E-state index contributed by atoms with van der Waals surface area (Å²) in [5.41, 5.74) is -0.240. The smallest absolute Gasteiger partial charge is 0.411 e. The quantitative estimate of drug-likeness (QED) is 0.663. The van der Waals surface area contributed by atoms with Crippen molar-refractivity contribution in [2.45, 2.75) is 58.2 Å². The number of hydrogen-bond donors (Lipinski definition) is 2. The Balaban J connectivity index is 1.50. The van der Waals surface area contributed by atoms with E-state index in [1.807, 2.05) is 6.92 Å². The van der Waals surface area contributed by atoms with Crippen molar-refractivity contribution in [1.29, 1.82) is 0 Å². The summed E-state index contributed by atoms with van der Waals surface area (Å²) >= 11 is 0. The SMILES string of the molecule is COc1cc(NC(=O)O[C@@H]2CC[C@]3(C)[C@@H](CC[C@H]4OC(=O)C[C@H]43)[C@]2(C)CO)cc(OC)c1. The summed E-state index contributed by atoms with van der Waals surface area (Å²) in [6.07, 6.45) is 2.44. The van der Waals surface area contributed by atoms with Gasteiger partial charge in [-0.05, 0) is 37.0 Å². The average Bonchev–Trinajstić information content (AvgIpc) is 3.17. The molecule has 0 bridgehead atoms. The number of anilines is 1. The first-order chi connectivity index (χ1) is 15.2. The van der Waals surface area contributed by atoms with Gasteiger partial charge in [-0.2, -0.15) is 0 Å². The predicted octanol–water partition coefficient (Wildman–Crippen LogP) is 3.76.